The summed E-state index contributed by atoms with van der Waals surface area (Å²) in [6.45, 7) is 1.90. The second-order valence-electron chi connectivity index (χ2n) is 3.13. The fourth-order valence-corrected chi connectivity index (χ4v) is 2.27. The van der Waals surface area contributed by atoms with Crippen LogP contribution in [-0.4, -0.2) is 17.5 Å². The van der Waals surface area contributed by atoms with Crippen LogP contribution in [0.4, 0.5) is 5.69 Å². The van der Waals surface area contributed by atoms with E-state index in [1.54, 1.807) is 6.92 Å². The highest BCUT2D eigenvalue weighted by atomic mass is 79.9. The zero-order valence-electron chi connectivity index (χ0n) is 8.91. The average Bonchev–Trinajstić information content (AvgIpc) is 2.15. The molecule has 1 aromatic rings. The zero-order valence-corrected chi connectivity index (χ0v) is 11.2. The number of ether oxygens (including phenoxy) is 1. The van der Waals surface area contributed by atoms with E-state index in [2.05, 4.69) is 15.9 Å². The van der Waals surface area contributed by atoms with Gasteiger partial charge < -0.3 is 4.74 Å². The molecule has 0 amide bonds. The topological polar surface area (TPSA) is 69.4 Å². The Kier molecular flexibility index (Phi) is 4.89. The van der Waals surface area contributed by atoms with E-state index in [0.717, 1.165) is 0 Å². The highest BCUT2D eigenvalue weighted by Crippen LogP contribution is 2.32. The van der Waals surface area contributed by atoms with E-state index in [9.17, 15) is 14.9 Å². The minimum absolute atomic E-state index is 0.0105. The van der Waals surface area contributed by atoms with Crippen LogP contribution in [0.5, 0.6) is 0 Å². The lowest BCUT2D eigenvalue weighted by Crippen LogP contribution is -2.09. The molecular formula is C10H9BrClNO4. The first-order chi connectivity index (χ1) is 7.95. The molecule has 0 aliphatic heterocycles. The van der Waals surface area contributed by atoms with Gasteiger partial charge in [0.05, 0.1) is 18.0 Å². The van der Waals surface area contributed by atoms with Gasteiger partial charge in [0, 0.05) is 10.0 Å². The molecule has 7 heteroatoms. The van der Waals surface area contributed by atoms with Crippen LogP contribution >= 0.6 is 27.5 Å². The van der Waals surface area contributed by atoms with Crippen LogP contribution in [0.1, 0.15) is 12.5 Å². The molecule has 17 heavy (non-hydrogen) atoms. The first-order valence-electron chi connectivity index (χ1n) is 4.73. The Morgan fingerprint density at radius 3 is 2.76 bits per heavy atom. The molecule has 0 spiro atoms. The van der Waals surface area contributed by atoms with Crippen molar-refractivity contribution in [3.63, 3.8) is 0 Å². The van der Waals surface area contributed by atoms with E-state index in [1.807, 2.05) is 0 Å². The van der Waals surface area contributed by atoms with Crippen molar-refractivity contribution < 1.29 is 14.5 Å². The van der Waals surface area contributed by atoms with E-state index in [1.165, 1.54) is 12.1 Å². The molecule has 0 aliphatic carbocycles. The van der Waals surface area contributed by atoms with Crippen molar-refractivity contribution in [2.45, 2.75) is 13.3 Å². The number of hydrogen-bond acceptors (Lipinski definition) is 4. The van der Waals surface area contributed by atoms with Gasteiger partial charge >= 0.3 is 5.97 Å². The van der Waals surface area contributed by atoms with Crippen molar-refractivity contribution in [3.05, 3.63) is 37.3 Å². The lowest BCUT2D eigenvalue weighted by Gasteiger charge is -2.05. The Hall–Kier alpha value is -1.14. The summed E-state index contributed by atoms with van der Waals surface area (Å²) in [5.41, 5.74) is -0.0317. The lowest BCUT2D eigenvalue weighted by atomic mass is 10.1. The van der Waals surface area contributed by atoms with Gasteiger partial charge in [-0.25, -0.2) is 0 Å². The number of carbonyl (C=O) groups is 1. The largest absolute Gasteiger partial charge is 0.466 e. The molecule has 0 saturated carbocycles. The van der Waals surface area contributed by atoms with Crippen LogP contribution in [0, 0.1) is 10.1 Å². The summed E-state index contributed by atoms with van der Waals surface area (Å²) in [6, 6.07) is 2.90. The molecule has 0 heterocycles. The number of nitrogens with zero attached hydrogens (tertiary/aromatic N) is 1. The van der Waals surface area contributed by atoms with Crippen molar-refractivity contribution in [2.75, 3.05) is 6.61 Å². The maximum absolute atomic E-state index is 11.3. The third kappa shape index (κ3) is 3.67. The molecule has 0 saturated heterocycles. The standard InChI is InChI=1S/C10H9BrClNO4/c1-2-17-9(14)4-6-3-7(11)5-8(12)10(6)13(15)16/h3,5H,2,4H2,1H3. The van der Waals surface area contributed by atoms with E-state index in [4.69, 9.17) is 16.3 Å². The normalized spacial score (nSPS) is 10.1. The van der Waals surface area contributed by atoms with Crippen LogP contribution < -0.4 is 0 Å². The van der Waals surface area contributed by atoms with E-state index >= 15 is 0 Å². The first-order valence-corrected chi connectivity index (χ1v) is 5.90. The monoisotopic (exact) mass is 321 g/mol. The van der Waals surface area contributed by atoms with Crippen molar-refractivity contribution >= 4 is 39.2 Å². The second-order valence-corrected chi connectivity index (χ2v) is 4.46. The van der Waals surface area contributed by atoms with Gasteiger partial charge in [0.1, 0.15) is 5.02 Å². The van der Waals surface area contributed by atoms with Gasteiger partial charge in [-0.1, -0.05) is 27.5 Å². The highest BCUT2D eigenvalue weighted by molar-refractivity contribution is 9.10. The Morgan fingerprint density at radius 1 is 1.59 bits per heavy atom. The fourth-order valence-electron chi connectivity index (χ4n) is 1.33. The molecule has 0 unspecified atom stereocenters. The zero-order chi connectivity index (χ0) is 13.0. The fraction of sp³-hybridized carbons (Fsp3) is 0.300. The number of rotatable bonds is 4. The molecule has 1 rings (SSSR count). The summed E-state index contributed by atoms with van der Waals surface area (Å²) in [4.78, 5) is 21.5. The number of nitro benzene ring substituents is 1. The predicted octanol–water partition coefficient (Wildman–Crippen LogP) is 3.12. The predicted molar refractivity (Wildman–Crippen MR) is 66.1 cm³/mol. The summed E-state index contributed by atoms with van der Waals surface area (Å²) in [5.74, 6) is -0.523. The van der Waals surface area contributed by atoms with Crippen molar-refractivity contribution in [1.82, 2.24) is 0 Å². The van der Waals surface area contributed by atoms with Crippen molar-refractivity contribution in [3.8, 4) is 0 Å². The van der Waals surface area contributed by atoms with Crippen LogP contribution in [0.3, 0.4) is 0 Å². The van der Waals surface area contributed by atoms with Gasteiger partial charge in [-0.15, -0.1) is 0 Å². The third-order valence-corrected chi connectivity index (χ3v) is 2.68. The maximum Gasteiger partial charge on any atom is 0.310 e. The molecule has 0 N–H and O–H groups in total. The van der Waals surface area contributed by atoms with Gasteiger partial charge in [-0.05, 0) is 19.1 Å². The first kappa shape index (κ1) is 13.9. The Balaban J connectivity index is 3.12. The SMILES string of the molecule is CCOC(=O)Cc1cc(Br)cc(Cl)c1[N+](=O)[O-]. The number of hydrogen-bond donors (Lipinski definition) is 0. The lowest BCUT2D eigenvalue weighted by molar-refractivity contribution is -0.385. The molecule has 0 aromatic heterocycles. The Morgan fingerprint density at radius 2 is 2.24 bits per heavy atom. The number of esters is 1. The smallest absolute Gasteiger partial charge is 0.310 e. The minimum Gasteiger partial charge on any atom is -0.466 e. The summed E-state index contributed by atoms with van der Waals surface area (Å²) in [5, 5.41) is 10.8. The quantitative estimate of drug-likeness (QED) is 0.485. The average molecular weight is 323 g/mol. The number of benzene rings is 1. The van der Waals surface area contributed by atoms with Crippen LogP contribution in [0.25, 0.3) is 0 Å². The van der Waals surface area contributed by atoms with Gasteiger partial charge in [0.15, 0.2) is 0 Å². The molecule has 5 nitrogen and oxygen atoms in total. The summed E-state index contributed by atoms with van der Waals surface area (Å²) < 4.78 is 5.32. The second kappa shape index (κ2) is 5.97. The van der Waals surface area contributed by atoms with Crippen LogP contribution in [-0.2, 0) is 16.0 Å². The Labute approximate surface area is 111 Å². The van der Waals surface area contributed by atoms with E-state index in [-0.39, 0.29) is 29.3 Å². The van der Waals surface area contributed by atoms with Crippen molar-refractivity contribution in [1.29, 1.82) is 0 Å². The van der Waals surface area contributed by atoms with Gasteiger partial charge in [-0.2, -0.15) is 0 Å². The maximum atomic E-state index is 11.3. The minimum atomic E-state index is -0.608. The molecule has 0 bridgehead atoms. The van der Waals surface area contributed by atoms with E-state index in [0.29, 0.717) is 4.47 Å². The Bertz CT molecular complexity index is 464. The van der Waals surface area contributed by atoms with Crippen LogP contribution in [0.15, 0.2) is 16.6 Å². The highest BCUT2D eigenvalue weighted by Gasteiger charge is 2.22. The van der Waals surface area contributed by atoms with Gasteiger partial charge in [0.25, 0.3) is 5.69 Å². The summed E-state index contributed by atoms with van der Waals surface area (Å²) >= 11 is 8.93. The molecule has 0 aliphatic rings. The number of halogens is 2. The molecular weight excluding hydrogens is 313 g/mol. The molecule has 0 fully saturated rings. The van der Waals surface area contributed by atoms with Gasteiger partial charge in [-0.3, -0.25) is 14.9 Å². The van der Waals surface area contributed by atoms with Crippen molar-refractivity contribution in [2.24, 2.45) is 0 Å². The molecule has 92 valence electrons. The van der Waals surface area contributed by atoms with Crippen LogP contribution in [0.2, 0.25) is 5.02 Å². The summed E-state index contributed by atoms with van der Waals surface area (Å²) in [6.07, 6.45) is -0.177. The van der Waals surface area contributed by atoms with E-state index < -0.39 is 10.9 Å². The third-order valence-electron chi connectivity index (χ3n) is 1.93. The van der Waals surface area contributed by atoms with Gasteiger partial charge in [0.2, 0.25) is 0 Å². The number of nitro groups is 1. The number of carbonyl (C=O) groups excluding carboxylic acids is 1. The molecule has 0 radical (unpaired) electrons. The molecule has 0 atom stereocenters. The summed E-state index contributed by atoms with van der Waals surface area (Å²) in [7, 11) is 0. The molecule has 1 aromatic carbocycles.